The van der Waals surface area contributed by atoms with Gasteiger partial charge >= 0.3 is 0 Å². The van der Waals surface area contributed by atoms with Crippen molar-refractivity contribution in [1.82, 2.24) is 24.7 Å². The molecule has 0 bridgehead atoms. The van der Waals surface area contributed by atoms with Crippen LogP contribution in [0.2, 0.25) is 0 Å². The van der Waals surface area contributed by atoms with Crippen molar-refractivity contribution in [2.75, 3.05) is 45.2 Å². The summed E-state index contributed by atoms with van der Waals surface area (Å²) in [6.07, 6.45) is 0.118. The van der Waals surface area contributed by atoms with Crippen molar-refractivity contribution < 1.29 is 9.94 Å². The summed E-state index contributed by atoms with van der Waals surface area (Å²) in [6.45, 7) is 4.08. The Balaban J connectivity index is 1.73. The summed E-state index contributed by atoms with van der Waals surface area (Å²) in [5.74, 6) is 0.972. The van der Waals surface area contributed by atoms with Crippen LogP contribution < -0.4 is 10.4 Å². The fraction of sp³-hybridized carbons (Fsp3) is 0.364. The van der Waals surface area contributed by atoms with Crippen LogP contribution in [0.3, 0.4) is 0 Å². The smallest absolute Gasteiger partial charge is 0.156 e. The molecule has 1 saturated heterocycles. The number of aliphatic hydroxyl groups is 1. The van der Waals surface area contributed by atoms with E-state index in [9.17, 15) is 5.11 Å². The van der Waals surface area contributed by atoms with E-state index in [1.807, 2.05) is 34.7 Å². The molecule has 0 amide bonds. The van der Waals surface area contributed by atoms with E-state index in [1.165, 1.54) is 7.11 Å². The number of likely N-dealkylation sites (N-methyl/N-ethyl adjacent to an activating group) is 1. The lowest BCUT2D eigenvalue weighted by molar-refractivity contribution is -0.0314. The molecule has 5 rings (SSSR count). The molecule has 8 heteroatoms. The molecule has 0 saturated carbocycles. The molecule has 3 aromatic heterocycles. The fourth-order valence-electron chi connectivity index (χ4n) is 4.24. The predicted octanol–water partition coefficient (Wildman–Crippen LogP) is 2.32. The minimum absolute atomic E-state index is 0.645. The Morgan fingerprint density at radius 2 is 1.90 bits per heavy atom. The highest BCUT2D eigenvalue weighted by Gasteiger charge is 2.20. The van der Waals surface area contributed by atoms with Gasteiger partial charge in [0.1, 0.15) is 17.1 Å². The van der Waals surface area contributed by atoms with Crippen molar-refractivity contribution in [3.05, 3.63) is 48.0 Å². The molecular weight excluding hydrogens is 380 g/mol. The van der Waals surface area contributed by atoms with Crippen molar-refractivity contribution in [2.24, 2.45) is 0 Å². The zero-order chi connectivity index (χ0) is 20.7. The number of pyridine rings is 2. The van der Waals surface area contributed by atoms with Gasteiger partial charge in [-0.05, 0) is 50.3 Å². The van der Waals surface area contributed by atoms with Gasteiger partial charge in [-0.3, -0.25) is 4.40 Å². The first-order chi connectivity index (χ1) is 14.7. The van der Waals surface area contributed by atoms with Gasteiger partial charge in [-0.2, -0.15) is 5.48 Å². The minimum Gasteiger partial charge on any atom is -0.372 e. The Kier molecular flexibility index (Phi) is 5.00. The molecule has 0 radical (unpaired) electrons. The van der Waals surface area contributed by atoms with Crippen LogP contribution in [-0.4, -0.2) is 64.7 Å². The normalized spacial score (nSPS) is 17.1. The Bertz CT molecular complexity index is 1210. The summed E-state index contributed by atoms with van der Waals surface area (Å²) >= 11 is 0. The first-order valence-electron chi connectivity index (χ1n) is 10.3. The average molecular weight is 406 g/mol. The molecule has 4 heterocycles. The highest BCUT2D eigenvalue weighted by molar-refractivity contribution is 5.91. The highest BCUT2D eigenvalue weighted by Crippen LogP contribution is 2.29. The van der Waals surface area contributed by atoms with Crippen molar-refractivity contribution in [3.8, 4) is 0 Å². The first-order valence-corrected chi connectivity index (χ1v) is 10.3. The third-order valence-corrected chi connectivity index (χ3v) is 5.80. The number of hydrogen-bond acceptors (Lipinski definition) is 7. The molecule has 8 nitrogen and oxygen atoms in total. The highest BCUT2D eigenvalue weighted by atomic mass is 16.7. The Morgan fingerprint density at radius 1 is 1.03 bits per heavy atom. The lowest BCUT2D eigenvalue weighted by Crippen LogP contribution is -2.29. The van der Waals surface area contributed by atoms with Gasteiger partial charge in [-0.25, -0.2) is 9.97 Å². The van der Waals surface area contributed by atoms with E-state index in [4.69, 9.17) is 14.8 Å². The zero-order valence-electron chi connectivity index (χ0n) is 17.2. The molecule has 1 fully saturated rings. The predicted molar refractivity (Wildman–Crippen MR) is 117 cm³/mol. The standard InChI is InChI=1S/C22H26N6O2/c1-26-10-5-11-27(13-12-26)19-9-8-15-14-16(22(29)25-30-2)21-23-17-6-3-4-7-18(17)28(21)20(15)24-19/h3-4,6-9,14,22,25,29H,5,10-13H2,1-2H3. The molecule has 156 valence electrons. The second-order valence-corrected chi connectivity index (χ2v) is 7.81. The van der Waals surface area contributed by atoms with Crippen LogP contribution in [0.15, 0.2) is 42.5 Å². The third-order valence-electron chi connectivity index (χ3n) is 5.80. The van der Waals surface area contributed by atoms with E-state index in [1.54, 1.807) is 0 Å². The molecule has 1 aromatic carbocycles. The average Bonchev–Trinajstić information content (AvgIpc) is 3.01. The number of fused-ring (bicyclic) bond motifs is 5. The maximum absolute atomic E-state index is 10.6. The summed E-state index contributed by atoms with van der Waals surface area (Å²) in [4.78, 5) is 19.5. The van der Waals surface area contributed by atoms with E-state index in [0.717, 1.165) is 60.5 Å². The number of hydrogen-bond donors (Lipinski definition) is 2. The van der Waals surface area contributed by atoms with Crippen LogP contribution in [0.25, 0.3) is 27.7 Å². The number of aromatic nitrogens is 3. The van der Waals surface area contributed by atoms with Crippen LogP contribution >= 0.6 is 0 Å². The Morgan fingerprint density at radius 3 is 2.77 bits per heavy atom. The van der Waals surface area contributed by atoms with Crippen molar-refractivity contribution in [1.29, 1.82) is 0 Å². The topological polar surface area (TPSA) is 78.2 Å². The second kappa shape index (κ2) is 7.81. The Labute approximate surface area is 174 Å². The molecule has 0 spiro atoms. The molecular formula is C22H26N6O2. The molecule has 1 atom stereocenters. The van der Waals surface area contributed by atoms with Crippen molar-refractivity contribution in [3.63, 3.8) is 0 Å². The van der Waals surface area contributed by atoms with Gasteiger partial charge < -0.3 is 19.7 Å². The van der Waals surface area contributed by atoms with Crippen LogP contribution in [0.5, 0.6) is 0 Å². The van der Waals surface area contributed by atoms with E-state index < -0.39 is 6.23 Å². The van der Waals surface area contributed by atoms with E-state index >= 15 is 0 Å². The number of rotatable bonds is 4. The number of hydroxylamine groups is 1. The third kappa shape index (κ3) is 3.27. The Hall–Kier alpha value is -2.78. The zero-order valence-corrected chi connectivity index (χ0v) is 17.2. The number of benzene rings is 1. The maximum atomic E-state index is 10.6. The van der Waals surface area contributed by atoms with Crippen LogP contribution in [-0.2, 0) is 4.84 Å². The van der Waals surface area contributed by atoms with Gasteiger partial charge in [0.05, 0.1) is 18.1 Å². The number of anilines is 1. The molecule has 1 unspecified atom stereocenters. The van der Waals surface area contributed by atoms with E-state index in [0.29, 0.717) is 11.2 Å². The maximum Gasteiger partial charge on any atom is 0.156 e. The van der Waals surface area contributed by atoms with E-state index in [-0.39, 0.29) is 0 Å². The van der Waals surface area contributed by atoms with Gasteiger partial charge in [0.15, 0.2) is 6.23 Å². The van der Waals surface area contributed by atoms with Gasteiger partial charge in [-0.15, -0.1) is 0 Å². The summed E-state index contributed by atoms with van der Waals surface area (Å²) in [6, 6.07) is 14.0. The summed E-state index contributed by atoms with van der Waals surface area (Å²) in [5.41, 5.74) is 6.58. The monoisotopic (exact) mass is 406 g/mol. The molecule has 0 aliphatic carbocycles. The minimum atomic E-state index is -1.00. The molecule has 2 N–H and O–H groups in total. The first kappa shape index (κ1) is 19.2. The lowest BCUT2D eigenvalue weighted by atomic mass is 10.1. The molecule has 30 heavy (non-hydrogen) atoms. The number of nitrogens with zero attached hydrogens (tertiary/aromatic N) is 5. The van der Waals surface area contributed by atoms with Gasteiger partial charge in [0.2, 0.25) is 0 Å². The largest absolute Gasteiger partial charge is 0.372 e. The number of aliphatic hydroxyl groups excluding tert-OH is 1. The lowest BCUT2D eigenvalue weighted by Gasteiger charge is -2.22. The summed E-state index contributed by atoms with van der Waals surface area (Å²) < 4.78 is 2.04. The number of para-hydroxylation sites is 2. The molecule has 1 aliphatic heterocycles. The quantitative estimate of drug-likeness (QED) is 0.398. The van der Waals surface area contributed by atoms with Gasteiger partial charge in [0, 0.05) is 30.6 Å². The van der Waals surface area contributed by atoms with E-state index in [2.05, 4.69) is 34.5 Å². The van der Waals surface area contributed by atoms with Crippen molar-refractivity contribution >= 4 is 33.5 Å². The summed E-state index contributed by atoms with van der Waals surface area (Å²) in [7, 11) is 3.65. The number of nitrogens with one attached hydrogen (secondary N) is 1. The fourth-order valence-corrected chi connectivity index (χ4v) is 4.24. The van der Waals surface area contributed by atoms with Crippen LogP contribution in [0.1, 0.15) is 18.2 Å². The second-order valence-electron chi connectivity index (χ2n) is 7.81. The van der Waals surface area contributed by atoms with Gasteiger partial charge in [0.25, 0.3) is 0 Å². The summed E-state index contributed by atoms with van der Waals surface area (Å²) in [5, 5.41) is 11.5. The molecule has 1 aliphatic rings. The van der Waals surface area contributed by atoms with Crippen LogP contribution in [0.4, 0.5) is 5.82 Å². The number of imidazole rings is 1. The molecule has 4 aromatic rings. The SMILES string of the molecule is CONC(O)c1cc2ccc(N3CCCN(C)CC3)nc2n2c1nc1ccccc12. The van der Waals surface area contributed by atoms with Crippen molar-refractivity contribution in [2.45, 2.75) is 12.6 Å². The van der Waals surface area contributed by atoms with Crippen LogP contribution in [0, 0.1) is 0 Å². The van der Waals surface area contributed by atoms with Gasteiger partial charge in [-0.1, -0.05) is 12.1 Å².